The molecule has 0 aliphatic rings. The molecule has 0 fully saturated rings. The summed E-state index contributed by atoms with van der Waals surface area (Å²) in [6.45, 7) is 1.56. The molecule has 0 atom stereocenters. The summed E-state index contributed by atoms with van der Waals surface area (Å²) in [5.41, 5.74) is 2.71. The minimum Gasteiger partial charge on any atom is -0.493 e. The number of nitrogens with one attached hydrogen (secondary N) is 2. The molecule has 0 saturated heterocycles. The van der Waals surface area contributed by atoms with Crippen molar-refractivity contribution in [3.05, 3.63) is 115 Å². The van der Waals surface area contributed by atoms with E-state index in [-0.39, 0.29) is 12.5 Å². The average molecular weight is 483 g/mol. The Morgan fingerprint density at radius 3 is 1.86 bits per heavy atom. The molecule has 0 saturated carbocycles. The SMILES string of the molecule is O=C(CNc1cccc(OCCOc2ccccc2)c1)Nc1cccc(OCCc2ccccc2)c1. The van der Waals surface area contributed by atoms with Crippen molar-refractivity contribution in [2.75, 3.05) is 37.0 Å². The third kappa shape index (κ3) is 8.40. The van der Waals surface area contributed by atoms with E-state index in [1.54, 1.807) is 0 Å². The summed E-state index contributed by atoms with van der Waals surface area (Å²) in [6, 6.07) is 34.7. The number of hydrogen-bond acceptors (Lipinski definition) is 5. The lowest BCUT2D eigenvalue weighted by molar-refractivity contribution is -0.114. The normalized spacial score (nSPS) is 10.3. The van der Waals surface area contributed by atoms with Crippen molar-refractivity contribution in [3.63, 3.8) is 0 Å². The van der Waals surface area contributed by atoms with E-state index < -0.39 is 0 Å². The maximum atomic E-state index is 12.5. The first-order valence-corrected chi connectivity index (χ1v) is 12.0. The van der Waals surface area contributed by atoms with Crippen LogP contribution in [0.15, 0.2) is 109 Å². The number of rotatable bonds is 13. The highest BCUT2D eigenvalue weighted by molar-refractivity contribution is 5.93. The second kappa shape index (κ2) is 13.4. The second-order valence-corrected chi connectivity index (χ2v) is 8.05. The van der Waals surface area contributed by atoms with Gasteiger partial charge in [-0.05, 0) is 42.0 Å². The highest BCUT2D eigenvalue weighted by Gasteiger charge is 2.05. The van der Waals surface area contributed by atoms with Gasteiger partial charge in [0.05, 0.1) is 13.2 Å². The Hall–Kier alpha value is -4.45. The summed E-state index contributed by atoms with van der Waals surface area (Å²) in [7, 11) is 0. The third-order valence-electron chi connectivity index (χ3n) is 5.27. The van der Waals surface area contributed by atoms with Gasteiger partial charge in [-0.15, -0.1) is 0 Å². The van der Waals surface area contributed by atoms with Crippen LogP contribution < -0.4 is 24.8 Å². The number of ether oxygens (including phenoxy) is 3. The quantitative estimate of drug-likeness (QED) is 0.235. The summed E-state index contributed by atoms with van der Waals surface area (Å²) in [5, 5.41) is 6.04. The predicted octanol–water partition coefficient (Wildman–Crippen LogP) is 5.82. The van der Waals surface area contributed by atoms with Gasteiger partial charge in [-0.2, -0.15) is 0 Å². The molecule has 0 aliphatic carbocycles. The van der Waals surface area contributed by atoms with E-state index >= 15 is 0 Å². The molecule has 36 heavy (non-hydrogen) atoms. The Labute approximate surface area is 211 Å². The van der Waals surface area contributed by atoms with Crippen molar-refractivity contribution >= 4 is 17.3 Å². The van der Waals surface area contributed by atoms with Crippen molar-refractivity contribution in [2.24, 2.45) is 0 Å². The topological polar surface area (TPSA) is 68.8 Å². The van der Waals surface area contributed by atoms with Gasteiger partial charge in [0.15, 0.2) is 0 Å². The van der Waals surface area contributed by atoms with Gasteiger partial charge >= 0.3 is 0 Å². The van der Waals surface area contributed by atoms with Crippen molar-refractivity contribution in [1.29, 1.82) is 0 Å². The molecule has 1 amide bonds. The minimum absolute atomic E-state index is 0.125. The van der Waals surface area contributed by atoms with Crippen LogP contribution in [0.5, 0.6) is 17.2 Å². The lowest BCUT2D eigenvalue weighted by Gasteiger charge is -2.12. The molecule has 0 bridgehead atoms. The summed E-state index contributed by atoms with van der Waals surface area (Å²) in [5.74, 6) is 2.08. The molecule has 0 spiro atoms. The molecule has 4 aromatic carbocycles. The molecule has 0 radical (unpaired) electrons. The maximum Gasteiger partial charge on any atom is 0.243 e. The molecular weight excluding hydrogens is 452 g/mol. The van der Waals surface area contributed by atoms with Crippen LogP contribution in [0.1, 0.15) is 5.56 Å². The van der Waals surface area contributed by atoms with Crippen molar-refractivity contribution in [3.8, 4) is 17.2 Å². The van der Waals surface area contributed by atoms with E-state index in [9.17, 15) is 4.79 Å². The van der Waals surface area contributed by atoms with Crippen LogP contribution in [0.25, 0.3) is 0 Å². The summed E-state index contributed by atoms with van der Waals surface area (Å²) >= 11 is 0. The number of amides is 1. The standard InChI is InChI=1S/C30H30N2O4/c33-30(32-26-12-8-16-29(22-26)34-18-17-24-9-3-1-4-10-24)23-31-25-11-7-15-28(21-25)36-20-19-35-27-13-5-2-6-14-27/h1-16,21-22,31H,17-20,23H2,(H,32,33). The zero-order chi connectivity index (χ0) is 24.8. The fourth-order valence-electron chi connectivity index (χ4n) is 3.51. The minimum atomic E-state index is -0.154. The summed E-state index contributed by atoms with van der Waals surface area (Å²) in [4.78, 5) is 12.5. The van der Waals surface area contributed by atoms with Gasteiger partial charge < -0.3 is 24.8 Å². The van der Waals surface area contributed by atoms with Gasteiger partial charge in [0.25, 0.3) is 0 Å². The molecule has 2 N–H and O–H groups in total. The molecule has 6 heteroatoms. The number of benzene rings is 4. The van der Waals surface area contributed by atoms with E-state index in [2.05, 4.69) is 22.8 Å². The van der Waals surface area contributed by atoms with Crippen LogP contribution in [0.2, 0.25) is 0 Å². The third-order valence-corrected chi connectivity index (χ3v) is 5.27. The Kier molecular flexibility index (Phi) is 9.21. The van der Waals surface area contributed by atoms with E-state index in [1.165, 1.54) is 5.56 Å². The monoisotopic (exact) mass is 482 g/mol. The zero-order valence-corrected chi connectivity index (χ0v) is 20.1. The number of hydrogen-bond donors (Lipinski definition) is 2. The first kappa shape index (κ1) is 24.7. The van der Waals surface area contributed by atoms with Crippen molar-refractivity contribution in [1.82, 2.24) is 0 Å². The number of para-hydroxylation sites is 1. The molecule has 0 aliphatic heterocycles. The Bertz CT molecular complexity index is 1220. The number of carbonyl (C=O) groups excluding carboxylic acids is 1. The molecular formula is C30H30N2O4. The number of carbonyl (C=O) groups is 1. The Morgan fingerprint density at radius 2 is 1.14 bits per heavy atom. The molecule has 0 unspecified atom stereocenters. The Morgan fingerprint density at radius 1 is 0.583 bits per heavy atom. The highest BCUT2D eigenvalue weighted by Crippen LogP contribution is 2.19. The smallest absolute Gasteiger partial charge is 0.243 e. The predicted molar refractivity (Wildman–Crippen MR) is 143 cm³/mol. The van der Waals surface area contributed by atoms with Gasteiger partial charge in [-0.25, -0.2) is 0 Å². The summed E-state index contributed by atoms with van der Waals surface area (Å²) < 4.78 is 17.3. The van der Waals surface area contributed by atoms with Gasteiger partial charge in [0.2, 0.25) is 5.91 Å². The van der Waals surface area contributed by atoms with E-state index in [0.29, 0.717) is 31.3 Å². The fraction of sp³-hybridized carbons (Fsp3) is 0.167. The van der Waals surface area contributed by atoms with Crippen LogP contribution in [0.4, 0.5) is 11.4 Å². The molecule has 0 heterocycles. The maximum absolute atomic E-state index is 12.5. The van der Waals surface area contributed by atoms with E-state index in [4.69, 9.17) is 14.2 Å². The first-order valence-electron chi connectivity index (χ1n) is 12.0. The van der Waals surface area contributed by atoms with Crippen LogP contribution >= 0.6 is 0 Å². The highest BCUT2D eigenvalue weighted by atomic mass is 16.5. The Balaban J connectivity index is 1.18. The molecule has 0 aromatic heterocycles. The average Bonchev–Trinajstić information content (AvgIpc) is 2.92. The second-order valence-electron chi connectivity index (χ2n) is 8.05. The van der Waals surface area contributed by atoms with Crippen molar-refractivity contribution < 1.29 is 19.0 Å². The van der Waals surface area contributed by atoms with Gasteiger partial charge in [0.1, 0.15) is 30.5 Å². The summed E-state index contributed by atoms with van der Waals surface area (Å²) in [6.07, 6.45) is 0.824. The van der Waals surface area contributed by atoms with Gasteiger partial charge in [0, 0.05) is 29.9 Å². The zero-order valence-electron chi connectivity index (χ0n) is 20.1. The van der Waals surface area contributed by atoms with Crippen LogP contribution in [-0.4, -0.2) is 32.3 Å². The first-order chi connectivity index (χ1) is 17.7. The number of anilines is 2. The molecule has 4 rings (SSSR count). The van der Waals surface area contributed by atoms with Crippen LogP contribution in [0, 0.1) is 0 Å². The lowest BCUT2D eigenvalue weighted by Crippen LogP contribution is -2.21. The fourth-order valence-corrected chi connectivity index (χ4v) is 3.51. The molecule has 184 valence electrons. The van der Waals surface area contributed by atoms with Gasteiger partial charge in [-0.3, -0.25) is 4.79 Å². The van der Waals surface area contributed by atoms with E-state index in [1.807, 2.05) is 97.1 Å². The lowest BCUT2D eigenvalue weighted by atomic mass is 10.2. The molecule has 6 nitrogen and oxygen atoms in total. The van der Waals surface area contributed by atoms with Gasteiger partial charge in [-0.1, -0.05) is 60.7 Å². The largest absolute Gasteiger partial charge is 0.493 e. The van der Waals surface area contributed by atoms with Crippen LogP contribution in [0.3, 0.4) is 0 Å². The van der Waals surface area contributed by atoms with Crippen LogP contribution in [-0.2, 0) is 11.2 Å². The van der Waals surface area contributed by atoms with Crippen molar-refractivity contribution in [2.45, 2.75) is 6.42 Å². The van der Waals surface area contributed by atoms with E-state index in [0.717, 1.165) is 23.6 Å². The molecule has 4 aromatic rings.